The minimum absolute atomic E-state index is 0.0373. The van der Waals surface area contributed by atoms with Gasteiger partial charge in [-0.15, -0.1) is 10.2 Å². The van der Waals surface area contributed by atoms with Crippen LogP contribution in [-0.2, 0) is 22.6 Å². The monoisotopic (exact) mass is 505 g/mol. The molecule has 3 rings (SSSR count). The maximum atomic E-state index is 12.5. The average molecular weight is 506 g/mol. The molecule has 3 aromatic rings. The zero-order valence-electron chi connectivity index (χ0n) is 18.8. The Hall–Kier alpha value is -2.55. The van der Waals surface area contributed by atoms with Crippen molar-refractivity contribution < 1.29 is 9.59 Å². The minimum Gasteiger partial charge on any atom is -0.326 e. The lowest BCUT2D eigenvalue weighted by Gasteiger charge is -2.13. The van der Waals surface area contributed by atoms with E-state index in [1.54, 1.807) is 18.2 Å². The largest absolute Gasteiger partial charge is 0.326 e. The number of rotatable bonds is 8. The quantitative estimate of drug-likeness (QED) is 0.397. The van der Waals surface area contributed by atoms with E-state index in [1.807, 2.05) is 44.4 Å². The second-order valence-corrected chi connectivity index (χ2v) is 9.36. The topological polar surface area (TPSA) is 88.9 Å². The molecule has 0 radical (unpaired) electrons. The van der Waals surface area contributed by atoms with Gasteiger partial charge in [-0.1, -0.05) is 52.7 Å². The highest BCUT2D eigenvalue weighted by atomic mass is 35.5. The zero-order valence-corrected chi connectivity index (χ0v) is 21.2. The molecule has 0 atom stereocenters. The fraction of sp³-hybridized carbons (Fsp3) is 0.304. The van der Waals surface area contributed by atoms with E-state index in [-0.39, 0.29) is 24.0 Å². The molecule has 10 heteroatoms. The van der Waals surface area contributed by atoms with Crippen LogP contribution in [0.1, 0.15) is 29.4 Å². The van der Waals surface area contributed by atoms with Crippen LogP contribution in [0.15, 0.2) is 35.5 Å². The Balaban J connectivity index is 1.61. The van der Waals surface area contributed by atoms with Gasteiger partial charge in [-0.25, -0.2) is 0 Å². The van der Waals surface area contributed by atoms with E-state index in [1.165, 1.54) is 11.8 Å². The molecular weight excluding hydrogens is 481 g/mol. The Morgan fingerprint density at radius 3 is 2.30 bits per heavy atom. The molecule has 1 heterocycles. The summed E-state index contributed by atoms with van der Waals surface area (Å²) in [5, 5.41) is 15.5. The number of aromatic nitrogens is 3. The number of benzene rings is 2. The zero-order chi connectivity index (χ0) is 24.1. The van der Waals surface area contributed by atoms with Crippen molar-refractivity contribution in [3.8, 4) is 0 Å². The first-order valence-corrected chi connectivity index (χ1v) is 12.1. The van der Waals surface area contributed by atoms with Crippen LogP contribution < -0.4 is 10.6 Å². The number of amides is 2. The molecular formula is C23H25Cl2N5O2S. The third kappa shape index (κ3) is 6.50. The maximum absolute atomic E-state index is 12.5. The highest BCUT2D eigenvalue weighted by molar-refractivity contribution is 7.99. The minimum atomic E-state index is -0.255. The lowest BCUT2D eigenvalue weighted by Crippen LogP contribution is -2.18. The third-order valence-corrected chi connectivity index (χ3v) is 6.61. The van der Waals surface area contributed by atoms with Gasteiger partial charge in [0.2, 0.25) is 11.8 Å². The molecule has 2 aromatic carbocycles. The Morgan fingerprint density at radius 1 is 0.970 bits per heavy atom. The summed E-state index contributed by atoms with van der Waals surface area (Å²) in [6.07, 6.45) is 0.0373. The highest BCUT2D eigenvalue weighted by Gasteiger charge is 2.17. The molecule has 2 amide bonds. The first-order valence-electron chi connectivity index (χ1n) is 10.4. The van der Waals surface area contributed by atoms with Crippen molar-refractivity contribution in [2.24, 2.45) is 0 Å². The number of nitrogens with one attached hydrogen (secondary N) is 2. The van der Waals surface area contributed by atoms with E-state index in [0.717, 1.165) is 22.4 Å². The van der Waals surface area contributed by atoms with Crippen molar-refractivity contribution >= 4 is 58.2 Å². The number of hydrogen-bond acceptors (Lipinski definition) is 5. The maximum Gasteiger partial charge on any atom is 0.234 e. The molecule has 1 aromatic heterocycles. The normalized spacial score (nSPS) is 10.8. The number of nitrogens with zero attached hydrogens (tertiary/aromatic N) is 3. The average Bonchev–Trinajstić information content (AvgIpc) is 3.13. The van der Waals surface area contributed by atoms with Crippen molar-refractivity contribution in [1.29, 1.82) is 0 Å². The van der Waals surface area contributed by atoms with Gasteiger partial charge in [0.05, 0.1) is 22.2 Å². The molecule has 0 bridgehead atoms. The van der Waals surface area contributed by atoms with Gasteiger partial charge in [0.25, 0.3) is 0 Å². The summed E-state index contributed by atoms with van der Waals surface area (Å²) in [7, 11) is 0. The van der Waals surface area contributed by atoms with Crippen molar-refractivity contribution in [2.75, 3.05) is 16.4 Å². The first kappa shape index (κ1) is 25.1. The van der Waals surface area contributed by atoms with E-state index < -0.39 is 0 Å². The molecule has 2 N–H and O–H groups in total. The van der Waals surface area contributed by atoms with Gasteiger partial charge in [-0.05, 0) is 57.0 Å². The summed E-state index contributed by atoms with van der Waals surface area (Å²) in [4.78, 5) is 25.0. The number of anilines is 2. The molecule has 0 aliphatic carbocycles. The fourth-order valence-corrected chi connectivity index (χ4v) is 4.60. The number of carbonyl (C=O) groups is 2. The smallest absolute Gasteiger partial charge is 0.234 e. The van der Waals surface area contributed by atoms with Gasteiger partial charge in [-0.2, -0.15) is 0 Å². The van der Waals surface area contributed by atoms with Crippen LogP contribution in [0, 0.1) is 20.8 Å². The van der Waals surface area contributed by atoms with E-state index in [9.17, 15) is 9.59 Å². The molecule has 0 saturated carbocycles. The van der Waals surface area contributed by atoms with Crippen LogP contribution in [0.25, 0.3) is 0 Å². The van der Waals surface area contributed by atoms with Crippen LogP contribution >= 0.6 is 35.0 Å². The third-order valence-electron chi connectivity index (χ3n) is 4.91. The van der Waals surface area contributed by atoms with E-state index in [2.05, 4.69) is 20.8 Å². The second kappa shape index (κ2) is 11.0. The van der Waals surface area contributed by atoms with Gasteiger partial charge in [-0.3, -0.25) is 9.59 Å². The summed E-state index contributed by atoms with van der Waals surface area (Å²) in [5.74, 6) is 0.318. The molecule has 0 spiro atoms. The van der Waals surface area contributed by atoms with Crippen molar-refractivity contribution in [2.45, 2.75) is 45.8 Å². The summed E-state index contributed by atoms with van der Waals surface area (Å²) in [5.41, 5.74) is 4.59. The van der Waals surface area contributed by atoms with Crippen LogP contribution in [-0.4, -0.2) is 32.3 Å². The van der Waals surface area contributed by atoms with Gasteiger partial charge < -0.3 is 15.2 Å². The van der Waals surface area contributed by atoms with Crippen LogP contribution in [0.3, 0.4) is 0 Å². The lowest BCUT2D eigenvalue weighted by atomic mass is 10.1. The fourth-order valence-electron chi connectivity index (χ4n) is 3.48. The Kier molecular flexibility index (Phi) is 8.40. The van der Waals surface area contributed by atoms with Crippen LogP contribution in [0.4, 0.5) is 11.4 Å². The SMILES string of the molecule is CCn1c(CC(=O)Nc2ccc(Cl)c(Cl)c2)nnc1SCC(=O)Nc1c(C)cc(C)cc1C. The van der Waals surface area contributed by atoms with Gasteiger partial charge in [0.1, 0.15) is 5.82 Å². The summed E-state index contributed by atoms with van der Waals surface area (Å²) in [6, 6.07) is 8.96. The van der Waals surface area contributed by atoms with Gasteiger partial charge >= 0.3 is 0 Å². The number of halogens is 2. The second-order valence-electron chi connectivity index (χ2n) is 7.61. The summed E-state index contributed by atoms with van der Waals surface area (Å²) < 4.78 is 1.83. The molecule has 0 aliphatic heterocycles. The molecule has 0 saturated heterocycles. The van der Waals surface area contributed by atoms with Crippen LogP contribution in [0.5, 0.6) is 0 Å². The van der Waals surface area contributed by atoms with Gasteiger partial charge in [0, 0.05) is 17.9 Å². The number of aryl methyl sites for hydroxylation is 3. The predicted octanol–water partition coefficient (Wildman–Crippen LogP) is 5.44. The Bertz CT molecular complexity index is 1170. The number of carbonyl (C=O) groups excluding carboxylic acids is 2. The number of thioether (sulfide) groups is 1. The molecule has 33 heavy (non-hydrogen) atoms. The molecule has 0 unspecified atom stereocenters. The van der Waals surface area contributed by atoms with Gasteiger partial charge in [0.15, 0.2) is 5.16 Å². The number of hydrogen-bond donors (Lipinski definition) is 2. The summed E-state index contributed by atoms with van der Waals surface area (Å²) >= 11 is 13.2. The van der Waals surface area contributed by atoms with Crippen LogP contribution in [0.2, 0.25) is 10.0 Å². The van der Waals surface area contributed by atoms with E-state index in [4.69, 9.17) is 23.2 Å². The Morgan fingerprint density at radius 2 is 1.67 bits per heavy atom. The summed E-state index contributed by atoms with van der Waals surface area (Å²) in [6.45, 7) is 8.49. The molecule has 7 nitrogen and oxygen atoms in total. The molecule has 0 fully saturated rings. The van der Waals surface area contributed by atoms with E-state index in [0.29, 0.717) is 33.3 Å². The first-order chi connectivity index (χ1) is 15.7. The standard InChI is InChI=1S/C23H25Cl2N5O2S/c1-5-30-19(11-20(31)26-16-6-7-17(24)18(25)10-16)28-29-23(30)33-12-21(32)27-22-14(3)8-13(2)9-15(22)4/h6-10H,5,11-12H2,1-4H3,(H,26,31)(H,27,32). The molecule has 174 valence electrons. The highest BCUT2D eigenvalue weighted by Crippen LogP contribution is 2.26. The van der Waals surface area contributed by atoms with Crippen molar-refractivity contribution in [3.63, 3.8) is 0 Å². The lowest BCUT2D eigenvalue weighted by molar-refractivity contribution is -0.116. The molecule has 0 aliphatic rings. The van der Waals surface area contributed by atoms with Crippen molar-refractivity contribution in [3.05, 3.63) is 62.9 Å². The van der Waals surface area contributed by atoms with E-state index >= 15 is 0 Å². The predicted molar refractivity (Wildman–Crippen MR) is 134 cm³/mol. The Labute approximate surface area is 207 Å². The van der Waals surface area contributed by atoms with Crippen molar-refractivity contribution in [1.82, 2.24) is 14.8 Å².